The Labute approximate surface area is 147 Å². The van der Waals surface area contributed by atoms with Gasteiger partial charge in [-0.25, -0.2) is 12.8 Å². The molecular weight excluding hydrogens is 343 g/mol. The third-order valence-corrected chi connectivity index (χ3v) is 4.89. The number of carbonyl (C=O) groups excluding carboxylic acids is 1. The van der Waals surface area contributed by atoms with E-state index in [2.05, 4.69) is 5.32 Å². The maximum Gasteiger partial charge on any atom is 0.248 e. The van der Waals surface area contributed by atoms with E-state index in [1.165, 1.54) is 18.2 Å². The second kappa shape index (κ2) is 7.65. The van der Waals surface area contributed by atoms with E-state index in [4.69, 9.17) is 0 Å². The molecule has 0 aliphatic carbocycles. The Morgan fingerprint density at radius 1 is 1.20 bits per heavy atom. The maximum atomic E-state index is 13.3. The average Bonchev–Trinajstić information content (AvgIpc) is 2.52. The van der Waals surface area contributed by atoms with Gasteiger partial charge in [0.2, 0.25) is 15.9 Å². The number of benzene rings is 2. The SMILES string of the molecule is CCC(C(=O)Nc1cccc(F)c1)N(c1ccc(C)cc1)S(C)(=O)=O. The molecule has 1 N–H and O–H groups in total. The third-order valence-electron chi connectivity index (χ3n) is 3.71. The van der Waals surface area contributed by atoms with Crippen LogP contribution in [0.15, 0.2) is 48.5 Å². The Kier molecular flexibility index (Phi) is 5.79. The monoisotopic (exact) mass is 364 g/mol. The molecule has 0 heterocycles. The Bertz CT molecular complexity index is 851. The number of anilines is 2. The maximum absolute atomic E-state index is 13.3. The fourth-order valence-electron chi connectivity index (χ4n) is 2.54. The van der Waals surface area contributed by atoms with Crippen molar-refractivity contribution in [1.29, 1.82) is 0 Å². The van der Waals surface area contributed by atoms with Gasteiger partial charge in [-0.05, 0) is 43.7 Å². The number of hydrogen-bond donors (Lipinski definition) is 1. The van der Waals surface area contributed by atoms with Gasteiger partial charge in [-0.1, -0.05) is 30.7 Å². The molecule has 0 spiro atoms. The fourth-order valence-corrected chi connectivity index (χ4v) is 3.76. The van der Waals surface area contributed by atoms with Crippen molar-refractivity contribution in [3.8, 4) is 0 Å². The van der Waals surface area contributed by atoms with Gasteiger partial charge in [0.25, 0.3) is 0 Å². The van der Waals surface area contributed by atoms with Crippen molar-refractivity contribution in [2.24, 2.45) is 0 Å². The van der Waals surface area contributed by atoms with E-state index in [0.717, 1.165) is 16.1 Å². The molecule has 2 aromatic carbocycles. The van der Waals surface area contributed by atoms with Crippen LogP contribution in [0.2, 0.25) is 0 Å². The van der Waals surface area contributed by atoms with Gasteiger partial charge in [0.15, 0.2) is 0 Å². The van der Waals surface area contributed by atoms with E-state index in [0.29, 0.717) is 5.69 Å². The quantitative estimate of drug-likeness (QED) is 0.855. The number of nitrogens with one attached hydrogen (secondary N) is 1. The number of nitrogens with zero attached hydrogens (tertiary/aromatic N) is 1. The summed E-state index contributed by atoms with van der Waals surface area (Å²) in [6.45, 7) is 3.62. The largest absolute Gasteiger partial charge is 0.324 e. The van der Waals surface area contributed by atoms with Gasteiger partial charge in [-0.3, -0.25) is 9.10 Å². The molecule has 0 bridgehead atoms. The molecule has 134 valence electrons. The van der Waals surface area contributed by atoms with E-state index in [9.17, 15) is 17.6 Å². The van der Waals surface area contributed by atoms with Crippen LogP contribution in [0.3, 0.4) is 0 Å². The lowest BCUT2D eigenvalue weighted by molar-refractivity contribution is -0.117. The van der Waals surface area contributed by atoms with Crippen LogP contribution in [0.25, 0.3) is 0 Å². The molecule has 25 heavy (non-hydrogen) atoms. The van der Waals surface area contributed by atoms with Gasteiger partial charge in [0.05, 0.1) is 11.9 Å². The molecule has 0 aromatic heterocycles. The molecule has 5 nitrogen and oxygen atoms in total. The molecular formula is C18H21FN2O3S. The highest BCUT2D eigenvalue weighted by atomic mass is 32.2. The summed E-state index contributed by atoms with van der Waals surface area (Å²) in [5.74, 6) is -0.997. The predicted molar refractivity (Wildman–Crippen MR) is 97.6 cm³/mol. The summed E-state index contributed by atoms with van der Waals surface area (Å²) < 4.78 is 39.0. The second-order valence-corrected chi connectivity index (χ2v) is 7.68. The molecule has 0 saturated heterocycles. The summed E-state index contributed by atoms with van der Waals surface area (Å²) in [6, 6.07) is 11.4. The number of amides is 1. The van der Waals surface area contributed by atoms with Crippen LogP contribution in [0.4, 0.5) is 15.8 Å². The highest BCUT2D eigenvalue weighted by Gasteiger charge is 2.31. The molecule has 1 amide bonds. The zero-order valence-electron chi connectivity index (χ0n) is 14.4. The van der Waals surface area contributed by atoms with Crippen molar-refractivity contribution < 1.29 is 17.6 Å². The van der Waals surface area contributed by atoms with Crippen molar-refractivity contribution in [3.63, 3.8) is 0 Å². The molecule has 7 heteroatoms. The van der Waals surface area contributed by atoms with Crippen LogP contribution in [0.5, 0.6) is 0 Å². The smallest absolute Gasteiger partial charge is 0.248 e. The summed E-state index contributed by atoms with van der Waals surface area (Å²) in [6.07, 6.45) is 1.33. The van der Waals surface area contributed by atoms with E-state index < -0.39 is 27.8 Å². The van der Waals surface area contributed by atoms with Crippen molar-refractivity contribution in [1.82, 2.24) is 0 Å². The van der Waals surface area contributed by atoms with Crippen LogP contribution >= 0.6 is 0 Å². The van der Waals surface area contributed by atoms with Crippen LogP contribution in [0, 0.1) is 12.7 Å². The normalized spacial score (nSPS) is 12.5. The first-order valence-corrected chi connectivity index (χ1v) is 9.69. The minimum atomic E-state index is -3.69. The van der Waals surface area contributed by atoms with Gasteiger partial charge in [0.1, 0.15) is 11.9 Å². The highest BCUT2D eigenvalue weighted by Crippen LogP contribution is 2.24. The van der Waals surface area contributed by atoms with E-state index in [-0.39, 0.29) is 12.1 Å². The zero-order valence-corrected chi connectivity index (χ0v) is 15.2. The molecule has 0 saturated carbocycles. The Balaban J connectivity index is 2.36. The first kappa shape index (κ1) is 18.9. The highest BCUT2D eigenvalue weighted by molar-refractivity contribution is 7.92. The second-order valence-electron chi connectivity index (χ2n) is 5.82. The molecule has 1 unspecified atom stereocenters. The summed E-state index contributed by atoms with van der Waals surface area (Å²) in [4.78, 5) is 12.6. The topological polar surface area (TPSA) is 66.5 Å². The number of halogens is 1. The number of hydrogen-bond acceptors (Lipinski definition) is 3. The summed E-state index contributed by atoms with van der Waals surface area (Å²) in [7, 11) is -3.69. The van der Waals surface area contributed by atoms with Crippen LogP contribution in [-0.2, 0) is 14.8 Å². The first-order chi connectivity index (χ1) is 11.7. The average molecular weight is 364 g/mol. The minimum Gasteiger partial charge on any atom is -0.324 e. The van der Waals surface area contributed by atoms with Gasteiger partial charge < -0.3 is 5.32 Å². The van der Waals surface area contributed by atoms with Gasteiger partial charge in [-0.2, -0.15) is 0 Å². The van der Waals surface area contributed by atoms with Crippen molar-refractivity contribution in [2.75, 3.05) is 15.9 Å². The Hall–Kier alpha value is -2.41. The standard InChI is InChI=1S/C18H21FN2O3S/c1-4-17(18(22)20-15-7-5-6-14(19)12-15)21(25(3,23)24)16-10-8-13(2)9-11-16/h5-12,17H,4H2,1-3H3,(H,20,22). The lowest BCUT2D eigenvalue weighted by Crippen LogP contribution is -2.47. The Morgan fingerprint density at radius 2 is 1.84 bits per heavy atom. The first-order valence-electron chi connectivity index (χ1n) is 7.85. The van der Waals surface area contributed by atoms with Crippen molar-refractivity contribution >= 4 is 27.3 Å². The third kappa shape index (κ3) is 4.79. The predicted octanol–water partition coefficient (Wildman–Crippen LogP) is 3.32. The van der Waals surface area contributed by atoms with Crippen molar-refractivity contribution in [3.05, 3.63) is 59.9 Å². The summed E-state index contributed by atoms with van der Waals surface area (Å²) in [5, 5.41) is 2.58. The van der Waals surface area contributed by atoms with Crippen LogP contribution < -0.4 is 9.62 Å². The molecule has 0 fully saturated rings. The lowest BCUT2D eigenvalue weighted by Gasteiger charge is -2.30. The minimum absolute atomic E-state index is 0.266. The van der Waals surface area contributed by atoms with Crippen molar-refractivity contribution in [2.45, 2.75) is 26.3 Å². The van der Waals surface area contributed by atoms with E-state index in [1.807, 2.05) is 6.92 Å². The van der Waals surface area contributed by atoms with Gasteiger partial charge in [0, 0.05) is 5.69 Å². The van der Waals surface area contributed by atoms with Crippen LogP contribution in [-0.4, -0.2) is 26.6 Å². The summed E-state index contributed by atoms with van der Waals surface area (Å²) in [5.41, 5.74) is 1.67. The Morgan fingerprint density at radius 3 is 2.36 bits per heavy atom. The number of rotatable bonds is 6. The molecule has 2 aromatic rings. The lowest BCUT2D eigenvalue weighted by atomic mass is 10.1. The van der Waals surface area contributed by atoms with E-state index >= 15 is 0 Å². The number of sulfonamides is 1. The fraction of sp³-hybridized carbons (Fsp3) is 0.278. The molecule has 0 aliphatic rings. The zero-order chi connectivity index (χ0) is 18.6. The molecule has 2 rings (SSSR count). The molecule has 1 atom stereocenters. The molecule has 0 aliphatic heterocycles. The van der Waals surface area contributed by atoms with Gasteiger partial charge in [-0.15, -0.1) is 0 Å². The van der Waals surface area contributed by atoms with Crippen LogP contribution in [0.1, 0.15) is 18.9 Å². The van der Waals surface area contributed by atoms with E-state index in [1.54, 1.807) is 37.3 Å². The number of aryl methyl sites for hydroxylation is 1. The summed E-state index contributed by atoms with van der Waals surface area (Å²) >= 11 is 0. The molecule has 0 radical (unpaired) electrons. The number of carbonyl (C=O) groups is 1. The van der Waals surface area contributed by atoms with Gasteiger partial charge >= 0.3 is 0 Å².